The van der Waals surface area contributed by atoms with Gasteiger partial charge in [0.05, 0.1) is 11.1 Å². The van der Waals surface area contributed by atoms with E-state index in [0.29, 0.717) is 15.8 Å². The van der Waals surface area contributed by atoms with Crippen LogP contribution < -0.4 is 4.74 Å². The second-order valence-electron chi connectivity index (χ2n) is 2.86. The lowest BCUT2D eigenvalue weighted by atomic mass is 10.3. The lowest BCUT2D eigenvalue weighted by Crippen LogP contribution is -1.91. The maximum Gasteiger partial charge on any atom is 0.225 e. The van der Waals surface area contributed by atoms with Crippen LogP contribution in [0, 0.1) is 5.95 Å². The molecule has 1 aromatic heterocycles. The third-order valence-corrected chi connectivity index (χ3v) is 2.25. The van der Waals surface area contributed by atoms with Crippen LogP contribution in [0.5, 0.6) is 11.6 Å². The van der Waals surface area contributed by atoms with Crippen LogP contribution in [0.2, 0.25) is 10.0 Å². The Morgan fingerprint density at radius 2 is 1.94 bits per heavy atom. The van der Waals surface area contributed by atoms with Crippen molar-refractivity contribution in [3.63, 3.8) is 0 Å². The minimum Gasteiger partial charge on any atom is -0.437 e. The van der Waals surface area contributed by atoms with Crippen LogP contribution in [0.15, 0.2) is 30.6 Å². The van der Waals surface area contributed by atoms with Gasteiger partial charge in [-0.05, 0) is 18.2 Å². The molecule has 0 unspecified atom stereocenters. The summed E-state index contributed by atoms with van der Waals surface area (Å²) in [4.78, 5) is 7.04. The van der Waals surface area contributed by atoms with Crippen LogP contribution in [-0.2, 0) is 0 Å². The number of rotatable bonds is 2. The van der Waals surface area contributed by atoms with Crippen LogP contribution in [0.4, 0.5) is 4.39 Å². The van der Waals surface area contributed by atoms with Crippen molar-refractivity contribution in [1.82, 2.24) is 9.97 Å². The van der Waals surface area contributed by atoms with Gasteiger partial charge in [0.25, 0.3) is 0 Å². The topological polar surface area (TPSA) is 35.0 Å². The highest BCUT2D eigenvalue weighted by Gasteiger charge is 2.05. The average Bonchev–Trinajstić information content (AvgIpc) is 2.22. The Morgan fingerprint density at radius 1 is 1.12 bits per heavy atom. The number of nitrogens with zero attached hydrogens (tertiary/aromatic N) is 2. The monoisotopic (exact) mass is 258 g/mol. The molecule has 1 aromatic carbocycles. The molecule has 6 heteroatoms. The molecule has 0 aliphatic heterocycles. The van der Waals surface area contributed by atoms with Gasteiger partial charge in [-0.2, -0.15) is 4.39 Å². The van der Waals surface area contributed by atoms with Gasteiger partial charge in [0.2, 0.25) is 11.8 Å². The zero-order valence-corrected chi connectivity index (χ0v) is 9.34. The molecule has 0 amide bonds. The molecule has 0 saturated carbocycles. The van der Waals surface area contributed by atoms with E-state index in [0.717, 1.165) is 12.4 Å². The molecule has 1 heterocycles. The fourth-order valence-corrected chi connectivity index (χ4v) is 1.49. The van der Waals surface area contributed by atoms with Gasteiger partial charge in [-0.1, -0.05) is 23.2 Å². The van der Waals surface area contributed by atoms with Gasteiger partial charge in [-0.3, -0.25) is 0 Å². The Labute approximate surface area is 101 Å². The lowest BCUT2D eigenvalue weighted by molar-refractivity contribution is 0.451. The first-order chi connectivity index (χ1) is 7.65. The molecule has 16 heavy (non-hydrogen) atoms. The molecule has 0 fully saturated rings. The molecule has 0 aliphatic rings. The summed E-state index contributed by atoms with van der Waals surface area (Å²) in [5.41, 5.74) is 0. The number of halogens is 3. The van der Waals surface area contributed by atoms with Crippen molar-refractivity contribution in [2.75, 3.05) is 0 Å². The molecule has 2 aromatic rings. The first kappa shape index (κ1) is 11.1. The molecule has 0 aliphatic carbocycles. The van der Waals surface area contributed by atoms with Gasteiger partial charge in [0, 0.05) is 5.02 Å². The number of hydrogen-bond acceptors (Lipinski definition) is 3. The minimum absolute atomic E-state index is 0.0803. The van der Waals surface area contributed by atoms with Crippen molar-refractivity contribution >= 4 is 23.2 Å². The van der Waals surface area contributed by atoms with Crippen molar-refractivity contribution < 1.29 is 9.13 Å². The zero-order chi connectivity index (χ0) is 11.5. The van der Waals surface area contributed by atoms with Crippen molar-refractivity contribution in [1.29, 1.82) is 0 Å². The summed E-state index contributed by atoms with van der Waals surface area (Å²) in [6, 6.07) is 5.77. The first-order valence-corrected chi connectivity index (χ1v) is 5.01. The molecule has 0 N–H and O–H groups in total. The van der Waals surface area contributed by atoms with Crippen molar-refractivity contribution in [3.8, 4) is 11.6 Å². The zero-order valence-electron chi connectivity index (χ0n) is 7.82. The van der Waals surface area contributed by atoms with Gasteiger partial charge >= 0.3 is 0 Å². The highest BCUT2D eigenvalue weighted by atomic mass is 35.5. The largest absolute Gasteiger partial charge is 0.437 e. The first-order valence-electron chi connectivity index (χ1n) is 4.25. The maximum absolute atomic E-state index is 12.7. The SMILES string of the molecule is Fc1cc(Oc2ccc(Cl)cc2Cl)ncn1. The van der Waals surface area contributed by atoms with E-state index in [1.807, 2.05) is 0 Å². The van der Waals surface area contributed by atoms with E-state index in [9.17, 15) is 4.39 Å². The summed E-state index contributed by atoms with van der Waals surface area (Å²) in [6.07, 6.45) is 1.06. The van der Waals surface area contributed by atoms with E-state index < -0.39 is 5.95 Å². The summed E-state index contributed by atoms with van der Waals surface area (Å²) < 4.78 is 18.0. The maximum atomic E-state index is 12.7. The van der Waals surface area contributed by atoms with Crippen LogP contribution in [-0.4, -0.2) is 9.97 Å². The van der Waals surface area contributed by atoms with Gasteiger partial charge < -0.3 is 4.74 Å². The quantitative estimate of drug-likeness (QED) is 0.771. The van der Waals surface area contributed by atoms with Gasteiger partial charge in [0.15, 0.2) is 0 Å². The van der Waals surface area contributed by atoms with Gasteiger partial charge in [-0.25, -0.2) is 9.97 Å². The standard InChI is InChI=1S/C10H5Cl2FN2O/c11-6-1-2-8(7(12)3-6)16-10-4-9(13)14-5-15-10/h1-5H. The van der Waals surface area contributed by atoms with Gasteiger partial charge in [-0.15, -0.1) is 0 Å². The Kier molecular flexibility index (Phi) is 3.22. The Hall–Kier alpha value is -1.39. The molecule has 82 valence electrons. The smallest absolute Gasteiger partial charge is 0.225 e. The molecular formula is C10H5Cl2FN2O. The Morgan fingerprint density at radius 3 is 2.62 bits per heavy atom. The second-order valence-corrected chi connectivity index (χ2v) is 3.70. The van der Waals surface area contributed by atoms with Crippen molar-refractivity contribution in [3.05, 3.63) is 46.6 Å². The highest BCUT2D eigenvalue weighted by Crippen LogP contribution is 2.30. The summed E-state index contributed by atoms with van der Waals surface area (Å²) >= 11 is 11.6. The summed E-state index contributed by atoms with van der Waals surface area (Å²) in [6.45, 7) is 0. The predicted molar refractivity (Wildman–Crippen MR) is 58.5 cm³/mol. The van der Waals surface area contributed by atoms with E-state index in [1.165, 1.54) is 6.07 Å². The normalized spacial score (nSPS) is 10.2. The van der Waals surface area contributed by atoms with E-state index in [-0.39, 0.29) is 5.88 Å². The van der Waals surface area contributed by atoms with Crippen molar-refractivity contribution in [2.24, 2.45) is 0 Å². The second kappa shape index (κ2) is 4.63. The summed E-state index contributed by atoms with van der Waals surface area (Å²) in [7, 11) is 0. The molecule has 2 rings (SSSR count). The van der Waals surface area contributed by atoms with Gasteiger partial charge in [0.1, 0.15) is 12.1 Å². The van der Waals surface area contributed by atoms with Crippen molar-refractivity contribution in [2.45, 2.75) is 0 Å². The number of hydrogen-bond donors (Lipinski definition) is 0. The number of ether oxygens (including phenoxy) is 1. The molecule has 0 spiro atoms. The molecule has 0 atom stereocenters. The number of aromatic nitrogens is 2. The Balaban J connectivity index is 2.27. The van der Waals surface area contributed by atoms with Crippen LogP contribution in [0.1, 0.15) is 0 Å². The number of benzene rings is 1. The minimum atomic E-state index is -0.671. The van der Waals surface area contributed by atoms with E-state index >= 15 is 0 Å². The van der Waals surface area contributed by atoms with Crippen LogP contribution >= 0.6 is 23.2 Å². The fraction of sp³-hybridized carbons (Fsp3) is 0. The molecular weight excluding hydrogens is 254 g/mol. The third-order valence-electron chi connectivity index (χ3n) is 1.72. The molecule has 0 radical (unpaired) electrons. The third kappa shape index (κ3) is 2.59. The van der Waals surface area contributed by atoms with E-state index in [2.05, 4.69) is 9.97 Å². The molecule has 3 nitrogen and oxygen atoms in total. The van der Waals surface area contributed by atoms with E-state index in [1.54, 1.807) is 12.1 Å². The lowest BCUT2D eigenvalue weighted by Gasteiger charge is -2.06. The van der Waals surface area contributed by atoms with E-state index in [4.69, 9.17) is 27.9 Å². The fourth-order valence-electron chi connectivity index (χ4n) is 1.04. The average molecular weight is 259 g/mol. The molecule has 0 bridgehead atoms. The highest BCUT2D eigenvalue weighted by molar-refractivity contribution is 6.35. The Bertz CT molecular complexity index is 522. The van der Waals surface area contributed by atoms with Crippen LogP contribution in [0.25, 0.3) is 0 Å². The molecule has 0 saturated heterocycles. The van der Waals surface area contributed by atoms with Crippen LogP contribution in [0.3, 0.4) is 0 Å². The predicted octanol–water partition coefficient (Wildman–Crippen LogP) is 3.71. The summed E-state index contributed by atoms with van der Waals surface area (Å²) in [5.74, 6) is -0.240. The summed E-state index contributed by atoms with van der Waals surface area (Å²) in [5, 5.41) is 0.817.